The SMILES string of the molecule is Cc1noc(C=Cc2ccco2)c1S(=O)(=O)N1CCCC(C(=O)NCc2ccccn2)C1. The number of aryl methyl sites for hydroxylation is 1. The fourth-order valence-electron chi connectivity index (χ4n) is 3.67. The van der Waals surface area contributed by atoms with Crippen molar-refractivity contribution in [1.29, 1.82) is 0 Å². The van der Waals surface area contributed by atoms with Crippen LogP contribution in [0.1, 0.15) is 35.7 Å². The quantitative estimate of drug-likeness (QED) is 0.581. The van der Waals surface area contributed by atoms with Crippen LogP contribution in [0.3, 0.4) is 0 Å². The van der Waals surface area contributed by atoms with Crippen molar-refractivity contribution >= 4 is 28.1 Å². The minimum Gasteiger partial charge on any atom is -0.465 e. The topological polar surface area (TPSA) is 119 Å². The summed E-state index contributed by atoms with van der Waals surface area (Å²) in [5, 5.41) is 6.70. The van der Waals surface area contributed by atoms with E-state index in [1.165, 1.54) is 16.6 Å². The Balaban J connectivity index is 1.48. The van der Waals surface area contributed by atoms with Gasteiger partial charge >= 0.3 is 0 Å². The zero-order valence-corrected chi connectivity index (χ0v) is 18.4. The highest BCUT2D eigenvalue weighted by Gasteiger charge is 2.36. The summed E-state index contributed by atoms with van der Waals surface area (Å²) < 4.78 is 38.7. The summed E-state index contributed by atoms with van der Waals surface area (Å²) in [6, 6.07) is 8.95. The molecule has 3 aromatic rings. The van der Waals surface area contributed by atoms with E-state index in [0.717, 1.165) is 5.69 Å². The van der Waals surface area contributed by atoms with Crippen molar-refractivity contribution in [2.45, 2.75) is 31.2 Å². The number of hydrogen-bond acceptors (Lipinski definition) is 7. The van der Waals surface area contributed by atoms with Crippen LogP contribution in [-0.2, 0) is 21.4 Å². The van der Waals surface area contributed by atoms with Crippen molar-refractivity contribution in [1.82, 2.24) is 19.8 Å². The van der Waals surface area contributed by atoms with Crippen LogP contribution in [0, 0.1) is 12.8 Å². The van der Waals surface area contributed by atoms with Gasteiger partial charge in [0, 0.05) is 19.3 Å². The van der Waals surface area contributed by atoms with Crippen LogP contribution in [-0.4, -0.2) is 41.9 Å². The van der Waals surface area contributed by atoms with Crippen molar-refractivity contribution in [3.8, 4) is 0 Å². The molecule has 1 aliphatic heterocycles. The molecular formula is C22H24N4O5S. The molecule has 1 fully saturated rings. The van der Waals surface area contributed by atoms with Crippen molar-refractivity contribution in [2.24, 2.45) is 5.92 Å². The molecule has 1 amide bonds. The van der Waals surface area contributed by atoms with Crippen LogP contribution in [0.15, 0.2) is 56.6 Å². The van der Waals surface area contributed by atoms with Gasteiger partial charge in [-0.15, -0.1) is 0 Å². The second kappa shape index (κ2) is 9.49. The summed E-state index contributed by atoms with van der Waals surface area (Å²) in [5.41, 5.74) is 1.01. The zero-order valence-electron chi connectivity index (χ0n) is 17.6. The number of nitrogens with one attached hydrogen (secondary N) is 1. The molecule has 0 saturated carbocycles. The van der Waals surface area contributed by atoms with E-state index >= 15 is 0 Å². The zero-order chi connectivity index (χ0) is 22.6. The van der Waals surface area contributed by atoms with E-state index in [9.17, 15) is 13.2 Å². The molecule has 10 heteroatoms. The molecule has 0 bridgehead atoms. The van der Waals surface area contributed by atoms with Crippen LogP contribution in [0.5, 0.6) is 0 Å². The molecule has 1 saturated heterocycles. The predicted molar refractivity (Wildman–Crippen MR) is 116 cm³/mol. The second-order valence-electron chi connectivity index (χ2n) is 7.55. The Morgan fingerprint density at radius 2 is 2.16 bits per heavy atom. The number of aromatic nitrogens is 2. The third-order valence-corrected chi connectivity index (χ3v) is 7.32. The number of hydrogen-bond donors (Lipinski definition) is 1. The fourth-order valence-corrected chi connectivity index (χ4v) is 5.45. The Morgan fingerprint density at radius 1 is 1.28 bits per heavy atom. The lowest BCUT2D eigenvalue weighted by Gasteiger charge is -2.31. The largest absolute Gasteiger partial charge is 0.465 e. The smallest absolute Gasteiger partial charge is 0.248 e. The number of rotatable bonds is 7. The molecule has 1 aliphatic rings. The first kappa shape index (κ1) is 22.0. The van der Waals surface area contributed by atoms with Gasteiger partial charge in [0.1, 0.15) is 11.5 Å². The van der Waals surface area contributed by atoms with Gasteiger partial charge in [-0.05, 0) is 56.2 Å². The third-order valence-electron chi connectivity index (χ3n) is 5.30. The standard InChI is InChI=1S/C22H24N4O5S/c1-16-21(20(31-25-16)10-9-19-8-5-13-30-19)32(28,29)26-12-4-6-17(15-26)22(27)24-14-18-7-2-3-11-23-18/h2-3,5,7-11,13,17H,4,6,12,14-15H2,1H3,(H,24,27). The number of nitrogens with zero attached hydrogens (tertiary/aromatic N) is 3. The molecule has 3 aromatic heterocycles. The molecule has 9 nitrogen and oxygen atoms in total. The maximum absolute atomic E-state index is 13.4. The average molecular weight is 457 g/mol. The van der Waals surface area contributed by atoms with Gasteiger partial charge in [0.15, 0.2) is 10.7 Å². The molecular weight excluding hydrogens is 432 g/mol. The number of carbonyl (C=O) groups excluding carboxylic acids is 1. The Kier molecular flexibility index (Phi) is 6.52. The lowest BCUT2D eigenvalue weighted by molar-refractivity contribution is -0.126. The number of carbonyl (C=O) groups is 1. The summed E-state index contributed by atoms with van der Waals surface area (Å²) in [4.78, 5) is 16.9. The minimum absolute atomic E-state index is 0.00912. The maximum atomic E-state index is 13.4. The molecule has 4 rings (SSSR count). The van der Waals surface area contributed by atoms with Gasteiger partial charge in [-0.3, -0.25) is 9.78 Å². The monoisotopic (exact) mass is 456 g/mol. The number of furan rings is 1. The van der Waals surface area contributed by atoms with E-state index in [0.29, 0.717) is 31.7 Å². The maximum Gasteiger partial charge on any atom is 0.248 e. The van der Waals surface area contributed by atoms with Crippen molar-refractivity contribution in [3.63, 3.8) is 0 Å². The molecule has 0 radical (unpaired) electrons. The minimum atomic E-state index is -3.90. The van der Waals surface area contributed by atoms with Crippen LogP contribution in [0.4, 0.5) is 0 Å². The first-order valence-electron chi connectivity index (χ1n) is 10.3. The number of pyridine rings is 1. The van der Waals surface area contributed by atoms with Gasteiger partial charge in [-0.1, -0.05) is 11.2 Å². The molecule has 1 atom stereocenters. The van der Waals surface area contributed by atoms with Gasteiger partial charge in [0.2, 0.25) is 15.9 Å². The highest BCUT2D eigenvalue weighted by atomic mass is 32.2. The van der Waals surface area contributed by atoms with Crippen LogP contribution < -0.4 is 5.32 Å². The van der Waals surface area contributed by atoms with Gasteiger partial charge < -0.3 is 14.3 Å². The summed E-state index contributed by atoms with van der Waals surface area (Å²) >= 11 is 0. The number of piperidine rings is 1. The van der Waals surface area contributed by atoms with Gasteiger partial charge in [0.05, 0.1) is 24.4 Å². The Labute approximate surface area is 186 Å². The molecule has 0 aliphatic carbocycles. The van der Waals surface area contributed by atoms with E-state index < -0.39 is 15.9 Å². The fraction of sp³-hybridized carbons (Fsp3) is 0.318. The summed E-state index contributed by atoms with van der Waals surface area (Å²) in [6.07, 6.45) is 7.53. The third kappa shape index (κ3) is 4.81. The van der Waals surface area contributed by atoms with Gasteiger partial charge in [-0.25, -0.2) is 8.42 Å². The van der Waals surface area contributed by atoms with Crippen molar-refractivity contribution < 1.29 is 22.2 Å². The van der Waals surface area contributed by atoms with Crippen LogP contribution in [0.2, 0.25) is 0 Å². The van der Waals surface area contributed by atoms with E-state index in [4.69, 9.17) is 8.94 Å². The molecule has 0 aromatic carbocycles. The molecule has 1 unspecified atom stereocenters. The van der Waals surface area contributed by atoms with Crippen molar-refractivity contribution in [3.05, 3.63) is 65.7 Å². The van der Waals surface area contributed by atoms with E-state index in [2.05, 4.69) is 15.5 Å². The van der Waals surface area contributed by atoms with Crippen molar-refractivity contribution in [2.75, 3.05) is 13.1 Å². The van der Waals surface area contributed by atoms with E-state index in [1.807, 2.05) is 12.1 Å². The summed E-state index contributed by atoms with van der Waals surface area (Å²) in [6.45, 7) is 2.32. The highest BCUT2D eigenvalue weighted by Crippen LogP contribution is 2.29. The molecule has 32 heavy (non-hydrogen) atoms. The Hall–Kier alpha value is -3.24. The van der Waals surface area contributed by atoms with Gasteiger partial charge in [-0.2, -0.15) is 4.31 Å². The Morgan fingerprint density at radius 3 is 2.91 bits per heavy atom. The molecule has 4 heterocycles. The number of amides is 1. The van der Waals surface area contributed by atoms with Crippen LogP contribution in [0.25, 0.3) is 12.2 Å². The predicted octanol–water partition coefficient (Wildman–Crippen LogP) is 2.86. The summed E-state index contributed by atoms with van der Waals surface area (Å²) in [5.74, 6) is 0.0608. The lowest BCUT2D eigenvalue weighted by atomic mass is 9.99. The Bertz CT molecular complexity index is 1190. The van der Waals surface area contributed by atoms with E-state index in [1.54, 1.807) is 37.4 Å². The molecule has 0 spiro atoms. The summed E-state index contributed by atoms with van der Waals surface area (Å²) in [7, 11) is -3.90. The number of sulfonamides is 1. The highest BCUT2D eigenvalue weighted by molar-refractivity contribution is 7.89. The molecule has 1 N–H and O–H groups in total. The first-order valence-corrected chi connectivity index (χ1v) is 11.7. The lowest BCUT2D eigenvalue weighted by Crippen LogP contribution is -2.45. The first-order chi connectivity index (χ1) is 15.4. The van der Waals surface area contributed by atoms with Crippen LogP contribution >= 0.6 is 0 Å². The molecule has 168 valence electrons. The van der Waals surface area contributed by atoms with E-state index in [-0.39, 0.29) is 28.8 Å². The average Bonchev–Trinajstić information content (AvgIpc) is 3.46. The second-order valence-corrected chi connectivity index (χ2v) is 9.43. The van der Waals surface area contributed by atoms with Gasteiger partial charge in [0.25, 0.3) is 0 Å². The normalized spacial score (nSPS) is 17.6.